The Morgan fingerprint density at radius 3 is 2.56 bits per heavy atom. The zero-order valence-corrected chi connectivity index (χ0v) is 15.2. The molecule has 1 aliphatic heterocycles. The lowest BCUT2D eigenvalue weighted by molar-refractivity contribution is -0.146. The molecule has 1 atom stereocenters. The lowest BCUT2D eigenvalue weighted by atomic mass is 10.1. The van der Waals surface area contributed by atoms with Gasteiger partial charge in [0.25, 0.3) is 5.82 Å². The number of hydrogen-bond acceptors (Lipinski definition) is 5. The maximum atomic E-state index is 13.1. The van der Waals surface area contributed by atoms with Crippen LogP contribution in [0.25, 0.3) is 5.65 Å². The molecule has 1 unspecified atom stereocenters. The number of aromatic nitrogens is 4. The van der Waals surface area contributed by atoms with E-state index in [0.29, 0.717) is 32.0 Å². The molecule has 1 aliphatic carbocycles. The third-order valence-corrected chi connectivity index (χ3v) is 5.45. The Bertz CT molecular complexity index is 877. The molecule has 2 fully saturated rings. The van der Waals surface area contributed by atoms with Crippen LogP contribution in [-0.2, 0) is 11.0 Å². The number of halogens is 3. The van der Waals surface area contributed by atoms with Gasteiger partial charge < -0.3 is 9.80 Å². The first-order valence-electron chi connectivity index (χ1n) is 9.00. The minimum absolute atomic E-state index is 0.0497. The van der Waals surface area contributed by atoms with Crippen LogP contribution in [0.1, 0.15) is 32.5 Å². The van der Waals surface area contributed by atoms with Gasteiger partial charge >= 0.3 is 6.18 Å². The van der Waals surface area contributed by atoms with Crippen LogP contribution in [0.4, 0.5) is 19.0 Å². The predicted octanol–water partition coefficient (Wildman–Crippen LogP) is 2.23. The Hall–Kier alpha value is -2.39. The molecule has 7 nitrogen and oxygen atoms in total. The van der Waals surface area contributed by atoms with Gasteiger partial charge in [0.1, 0.15) is 5.82 Å². The number of carbonyl (C=O) groups excluding carboxylic acids is 1. The van der Waals surface area contributed by atoms with Crippen LogP contribution >= 0.6 is 0 Å². The van der Waals surface area contributed by atoms with E-state index in [4.69, 9.17) is 0 Å². The molecule has 27 heavy (non-hydrogen) atoms. The maximum Gasteiger partial charge on any atom is 0.453 e. The van der Waals surface area contributed by atoms with Crippen LogP contribution in [0.2, 0.25) is 0 Å². The van der Waals surface area contributed by atoms with Crippen LogP contribution < -0.4 is 4.90 Å². The van der Waals surface area contributed by atoms with E-state index in [1.807, 2.05) is 9.80 Å². The first-order valence-corrected chi connectivity index (χ1v) is 9.00. The lowest BCUT2D eigenvalue weighted by Crippen LogP contribution is -2.37. The zero-order chi connectivity index (χ0) is 19.4. The van der Waals surface area contributed by atoms with Crippen molar-refractivity contribution < 1.29 is 18.0 Å². The Balaban J connectivity index is 1.51. The van der Waals surface area contributed by atoms with Crippen molar-refractivity contribution in [1.82, 2.24) is 24.7 Å². The Labute approximate surface area is 154 Å². The molecular formula is C17H21F3N6O. The van der Waals surface area contributed by atoms with E-state index >= 15 is 0 Å². The van der Waals surface area contributed by atoms with Crippen molar-refractivity contribution in [3.05, 3.63) is 18.0 Å². The highest BCUT2D eigenvalue weighted by Crippen LogP contribution is 2.52. The van der Waals surface area contributed by atoms with E-state index in [-0.39, 0.29) is 22.9 Å². The molecule has 2 aromatic rings. The Morgan fingerprint density at radius 2 is 1.89 bits per heavy atom. The fourth-order valence-electron chi connectivity index (χ4n) is 3.60. The summed E-state index contributed by atoms with van der Waals surface area (Å²) >= 11 is 0. The molecule has 0 aromatic carbocycles. The molecule has 4 rings (SSSR count). The Morgan fingerprint density at radius 1 is 1.15 bits per heavy atom. The number of carbonyl (C=O) groups is 1. The molecule has 1 saturated carbocycles. The smallest absolute Gasteiger partial charge is 0.353 e. The number of rotatable bonds is 2. The van der Waals surface area contributed by atoms with Crippen molar-refractivity contribution in [3.8, 4) is 0 Å². The highest BCUT2D eigenvalue weighted by Gasteiger charge is 2.51. The quantitative estimate of drug-likeness (QED) is 0.797. The summed E-state index contributed by atoms with van der Waals surface area (Å²) < 4.78 is 39.9. The predicted molar refractivity (Wildman–Crippen MR) is 91.1 cm³/mol. The molecule has 146 valence electrons. The molecule has 1 saturated heterocycles. The third kappa shape index (κ3) is 3.32. The van der Waals surface area contributed by atoms with E-state index in [0.717, 1.165) is 17.4 Å². The van der Waals surface area contributed by atoms with Crippen LogP contribution in [0.3, 0.4) is 0 Å². The molecule has 0 radical (unpaired) electrons. The highest BCUT2D eigenvalue weighted by atomic mass is 19.4. The molecular weight excluding hydrogens is 361 g/mol. The van der Waals surface area contributed by atoms with Gasteiger partial charge in [-0.1, -0.05) is 13.8 Å². The van der Waals surface area contributed by atoms with Gasteiger partial charge in [-0.3, -0.25) is 4.79 Å². The summed E-state index contributed by atoms with van der Waals surface area (Å²) in [7, 11) is 0. The van der Waals surface area contributed by atoms with Gasteiger partial charge in [0.2, 0.25) is 5.91 Å². The van der Waals surface area contributed by atoms with Crippen LogP contribution in [0, 0.1) is 11.3 Å². The number of anilines is 1. The first-order chi connectivity index (χ1) is 12.7. The summed E-state index contributed by atoms with van der Waals surface area (Å²) in [5, 5.41) is 10.8. The average molecular weight is 382 g/mol. The van der Waals surface area contributed by atoms with Gasteiger partial charge in [0.05, 0.1) is 0 Å². The SMILES string of the molecule is CC1(C)CC1C(=O)N1CCCN(c2ccc3nnc(C(F)(F)F)n3n2)CC1. The van der Waals surface area contributed by atoms with Crippen molar-refractivity contribution in [2.75, 3.05) is 31.1 Å². The van der Waals surface area contributed by atoms with Crippen LogP contribution in [0.5, 0.6) is 0 Å². The van der Waals surface area contributed by atoms with E-state index in [1.54, 1.807) is 6.07 Å². The third-order valence-electron chi connectivity index (χ3n) is 5.45. The minimum atomic E-state index is -4.62. The Kier molecular flexibility index (Phi) is 4.04. The van der Waals surface area contributed by atoms with Gasteiger partial charge in [0, 0.05) is 32.1 Å². The minimum Gasteiger partial charge on any atom is -0.353 e. The van der Waals surface area contributed by atoms with Gasteiger partial charge in [-0.05, 0) is 30.4 Å². The molecule has 0 spiro atoms. The van der Waals surface area contributed by atoms with Gasteiger partial charge in [0.15, 0.2) is 5.65 Å². The first kappa shape index (κ1) is 18.0. The summed E-state index contributed by atoms with van der Waals surface area (Å²) in [5.74, 6) is -0.441. The number of alkyl halides is 3. The molecule has 2 aliphatic rings. The summed E-state index contributed by atoms with van der Waals surface area (Å²) in [4.78, 5) is 16.4. The molecule has 2 aromatic heterocycles. The van der Waals surface area contributed by atoms with E-state index in [9.17, 15) is 18.0 Å². The van der Waals surface area contributed by atoms with Crippen molar-refractivity contribution >= 4 is 17.4 Å². The molecule has 0 N–H and O–H groups in total. The second-order valence-electron chi connectivity index (χ2n) is 7.89. The normalized spacial score (nSPS) is 22.8. The standard InChI is InChI=1S/C17H21F3N6O/c1-16(2)10-11(16)14(27)25-7-3-6-24(8-9-25)13-5-4-12-21-22-15(17(18,19)20)26(12)23-13/h4-5,11H,3,6-10H2,1-2H3. The van der Waals surface area contributed by atoms with E-state index in [1.165, 1.54) is 6.07 Å². The number of amides is 1. The van der Waals surface area contributed by atoms with Crippen LogP contribution in [0.15, 0.2) is 12.1 Å². The largest absolute Gasteiger partial charge is 0.453 e. The molecule has 10 heteroatoms. The van der Waals surface area contributed by atoms with Crippen LogP contribution in [-0.4, -0.2) is 56.8 Å². The highest BCUT2D eigenvalue weighted by molar-refractivity contribution is 5.82. The van der Waals surface area contributed by atoms with Gasteiger partial charge in [-0.15, -0.1) is 15.3 Å². The average Bonchev–Trinajstić information content (AvgIpc) is 3.13. The van der Waals surface area contributed by atoms with Crippen molar-refractivity contribution in [2.45, 2.75) is 32.9 Å². The fraction of sp³-hybridized carbons (Fsp3) is 0.647. The topological polar surface area (TPSA) is 66.6 Å². The van der Waals surface area contributed by atoms with E-state index in [2.05, 4.69) is 29.1 Å². The van der Waals surface area contributed by atoms with Gasteiger partial charge in [-0.2, -0.15) is 17.7 Å². The summed E-state index contributed by atoms with van der Waals surface area (Å²) in [6.45, 7) is 6.54. The lowest BCUT2D eigenvalue weighted by Gasteiger charge is -2.23. The summed E-state index contributed by atoms with van der Waals surface area (Å²) in [5.41, 5.74) is 0.131. The molecule has 1 amide bonds. The number of fused-ring (bicyclic) bond motifs is 1. The summed E-state index contributed by atoms with van der Waals surface area (Å²) in [6, 6.07) is 3.12. The molecule has 3 heterocycles. The maximum absolute atomic E-state index is 13.1. The zero-order valence-electron chi connectivity index (χ0n) is 15.2. The number of nitrogens with zero attached hydrogens (tertiary/aromatic N) is 6. The second-order valence-corrected chi connectivity index (χ2v) is 7.89. The monoisotopic (exact) mass is 382 g/mol. The summed E-state index contributed by atoms with van der Waals surface area (Å²) in [6.07, 6.45) is -2.96. The fourth-order valence-corrected chi connectivity index (χ4v) is 3.60. The van der Waals surface area contributed by atoms with E-state index < -0.39 is 12.0 Å². The van der Waals surface area contributed by atoms with Gasteiger partial charge in [-0.25, -0.2) is 0 Å². The molecule has 0 bridgehead atoms. The number of hydrogen-bond donors (Lipinski definition) is 0. The van der Waals surface area contributed by atoms with Crippen molar-refractivity contribution in [3.63, 3.8) is 0 Å². The van der Waals surface area contributed by atoms with Crippen molar-refractivity contribution in [1.29, 1.82) is 0 Å². The second kappa shape index (κ2) is 6.07. The van der Waals surface area contributed by atoms with Crippen molar-refractivity contribution in [2.24, 2.45) is 11.3 Å².